The zero-order valence-corrected chi connectivity index (χ0v) is 15.4. The molecule has 0 aliphatic carbocycles. The molecular formula is C21H14N6O2. The number of carbonyl (C=O) groups excluding carboxylic acids is 2. The van der Waals surface area contributed by atoms with Crippen LogP contribution in [0.1, 0.15) is 26.3 Å². The molecule has 0 amide bonds. The molecule has 140 valence electrons. The zero-order valence-electron chi connectivity index (χ0n) is 15.4. The molecule has 0 bridgehead atoms. The highest BCUT2D eigenvalue weighted by molar-refractivity contribution is 6.05. The van der Waals surface area contributed by atoms with Gasteiger partial charge in [0, 0.05) is 11.1 Å². The summed E-state index contributed by atoms with van der Waals surface area (Å²) in [6.45, 7) is 1.83. The average Bonchev–Trinajstić information content (AvgIpc) is 3.36. The molecule has 0 radical (unpaired) electrons. The molecule has 8 nitrogen and oxygen atoms in total. The fourth-order valence-corrected chi connectivity index (χ4v) is 3.31. The van der Waals surface area contributed by atoms with Crippen molar-refractivity contribution in [2.45, 2.75) is 6.92 Å². The molecule has 0 atom stereocenters. The molecule has 8 heteroatoms. The third kappa shape index (κ3) is 2.78. The van der Waals surface area contributed by atoms with Gasteiger partial charge in [0.1, 0.15) is 11.0 Å². The largest absolute Gasteiger partial charge is 0.280 e. The number of benzene rings is 3. The van der Waals surface area contributed by atoms with Gasteiger partial charge in [-0.05, 0) is 55.0 Å². The van der Waals surface area contributed by atoms with Gasteiger partial charge in [-0.3, -0.25) is 9.59 Å². The summed E-state index contributed by atoms with van der Waals surface area (Å²) in [5.41, 5.74) is 3.91. The van der Waals surface area contributed by atoms with E-state index in [1.54, 1.807) is 42.5 Å². The number of fused-ring (bicyclic) bond motifs is 2. The van der Waals surface area contributed by atoms with Gasteiger partial charge in [-0.25, -0.2) is 0 Å². The fourth-order valence-electron chi connectivity index (χ4n) is 3.31. The van der Waals surface area contributed by atoms with E-state index in [9.17, 15) is 9.59 Å². The van der Waals surface area contributed by atoms with Crippen molar-refractivity contribution in [3.63, 3.8) is 0 Å². The van der Waals surface area contributed by atoms with Crippen molar-refractivity contribution in [1.29, 1.82) is 0 Å². The van der Waals surface area contributed by atoms with Crippen molar-refractivity contribution in [2.75, 3.05) is 0 Å². The maximum absolute atomic E-state index is 13.1. The second kappa shape index (κ2) is 6.45. The van der Waals surface area contributed by atoms with Crippen LogP contribution in [0.15, 0.2) is 66.7 Å². The Morgan fingerprint density at radius 3 is 1.62 bits per heavy atom. The Kier molecular flexibility index (Phi) is 3.77. The van der Waals surface area contributed by atoms with Gasteiger partial charge < -0.3 is 0 Å². The Morgan fingerprint density at radius 1 is 0.690 bits per heavy atom. The topological polar surface area (TPSA) is 95.6 Å². The third-order valence-electron chi connectivity index (χ3n) is 4.66. The van der Waals surface area contributed by atoms with E-state index in [0.717, 1.165) is 5.56 Å². The van der Waals surface area contributed by atoms with E-state index in [1.807, 2.05) is 31.2 Å². The van der Waals surface area contributed by atoms with Crippen molar-refractivity contribution < 1.29 is 9.59 Å². The summed E-state index contributed by atoms with van der Waals surface area (Å²) in [5.74, 6) is -0.722. The molecule has 0 spiro atoms. The molecule has 2 heterocycles. The van der Waals surface area contributed by atoms with Gasteiger partial charge in [-0.1, -0.05) is 34.7 Å². The number of hydrogen-bond donors (Lipinski definition) is 0. The van der Waals surface area contributed by atoms with E-state index in [0.29, 0.717) is 33.2 Å². The number of carbonyl (C=O) groups is 2. The third-order valence-corrected chi connectivity index (χ3v) is 4.66. The number of para-hydroxylation sites is 2. The maximum atomic E-state index is 13.1. The van der Waals surface area contributed by atoms with Crippen LogP contribution in [-0.2, 0) is 0 Å². The fraction of sp³-hybridized carbons (Fsp3) is 0.0476. The lowest BCUT2D eigenvalue weighted by molar-refractivity contribution is 0.0947. The van der Waals surface area contributed by atoms with Crippen LogP contribution in [0.4, 0.5) is 0 Å². The monoisotopic (exact) mass is 382 g/mol. The standard InChI is InChI=1S/C21H14N6O2/c1-13-10-14(20(28)26-18-8-4-2-6-16(18)22-24-26)12-15(11-13)21(29)27-19-9-5-3-7-17(19)23-25-27/h2-12H,1H3. The van der Waals surface area contributed by atoms with Gasteiger partial charge >= 0.3 is 0 Å². The van der Waals surface area contributed by atoms with Gasteiger partial charge in [0.2, 0.25) is 0 Å². The lowest BCUT2D eigenvalue weighted by atomic mass is 10.1. The SMILES string of the molecule is Cc1cc(C(=O)n2nnc3ccccc32)cc(C(=O)n2nnc3ccccc32)c1. The van der Waals surface area contributed by atoms with Crippen molar-refractivity contribution >= 4 is 33.9 Å². The summed E-state index contributed by atoms with van der Waals surface area (Å²) in [6, 6.07) is 19.4. The summed E-state index contributed by atoms with van der Waals surface area (Å²) in [6.07, 6.45) is 0. The minimum atomic E-state index is -0.361. The Morgan fingerprint density at radius 2 is 1.14 bits per heavy atom. The number of aromatic nitrogens is 6. The molecule has 0 saturated carbocycles. The average molecular weight is 382 g/mol. The number of hydrogen-bond acceptors (Lipinski definition) is 6. The molecular weight excluding hydrogens is 368 g/mol. The van der Waals surface area contributed by atoms with E-state index in [-0.39, 0.29) is 11.8 Å². The van der Waals surface area contributed by atoms with Crippen LogP contribution in [0.5, 0.6) is 0 Å². The molecule has 0 fully saturated rings. The smallest absolute Gasteiger partial charge is 0.267 e. The molecule has 0 aliphatic heterocycles. The Bertz CT molecular complexity index is 1310. The van der Waals surface area contributed by atoms with Crippen LogP contribution in [0.3, 0.4) is 0 Å². The number of rotatable bonds is 2. The van der Waals surface area contributed by atoms with Crippen LogP contribution in [-0.4, -0.2) is 41.8 Å². The maximum Gasteiger partial charge on any atom is 0.280 e. The molecule has 5 aromatic rings. The van der Waals surface area contributed by atoms with Crippen LogP contribution in [0.2, 0.25) is 0 Å². The first-order valence-electron chi connectivity index (χ1n) is 8.94. The second-order valence-corrected chi connectivity index (χ2v) is 6.68. The second-order valence-electron chi connectivity index (χ2n) is 6.68. The molecule has 0 N–H and O–H groups in total. The molecule has 29 heavy (non-hydrogen) atoms. The van der Waals surface area contributed by atoms with Crippen molar-refractivity contribution in [2.24, 2.45) is 0 Å². The summed E-state index contributed by atoms with van der Waals surface area (Å²) >= 11 is 0. The lowest BCUT2D eigenvalue weighted by Crippen LogP contribution is -2.17. The van der Waals surface area contributed by atoms with Crippen LogP contribution >= 0.6 is 0 Å². The summed E-state index contributed by atoms with van der Waals surface area (Å²) in [7, 11) is 0. The highest BCUT2D eigenvalue weighted by atomic mass is 16.2. The van der Waals surface area contributed by atoms with Gasteiger partial charge in [-0.2, -0.15) is 9.36 Å². The Labute approximate surface area is 164 Å². The van der Waals surface area contributed by atoms with Gasteiger partial charge in [-0.15, -0.1) is 10.2 Å². The zero-order chi connectivity index (χ0) is 20.0. The van der Waals surface area contributed by atoms with E-state index in [4.69, 9.17) is 0 Å². The van der Waals surface area contributed by atoms with E-state index >= 15 is 0 Å². The highest BCUT2D eigenvalue weighted by Gasteiger charge is 2.19. The Balaban J connectivity index is 1.58. The molecule has 3 aromatic carbocycles. The minimum Gasteiger partial charge on any atom is -0.267 e. The number of nitrogens with zero attached hydrogens (tertiary/aromatic N) is 6. The van der Waals surface area contributed by atoms with Crippen LogP contribution < -0.4 is 0 Å². The van der Waals surface area contributed by atoms with E-state index in [2.05, 4.69) is 20.6 Å². The van der Waals surface area contributed by atoms with Crippen LogP contribution in [0, 0.1) is 6.92 Å². The minimum absolute atomic E-state index is 0.341. The first-order chi connectivity index (χ1) is 14.1. The normalized spacial score (nSPS) is 11.2. The predicted octanol–water partition coefficient (Wildman–Crippen LogP) is 2.86. The summed E-state index contributed by atoms with van der Waals surface area (Å²) in [4.78, 5) is 26.1. The first kappa shape index (κ1) is 16.9. The van der Waals surface area contributed by atoms with E-state index < -0.39 is 0 Å². The van der Waals surface area contributed by atoms with Gasteiger partial charge in [0.15, 0.2) is 0 Å². The van der Waals surface area contributed by atoms with Crippen molar-refractivity contribution in [3.8, 4) is 0 Å². The quantitative estimate of drug-likeness (QED) is 0.466. The summed E-state index contributed by atoms with van der Waals surface area (Å²) < 4.78 is 2.48. The summed E-state index contributed by atoms with van der Waals surface area (Å²) in [5, 5.41) is 16.0. The van der Waals surface area contributed by atoms with Crippen molar-refractivity contribution in [1.82, 2.24) is 30.0 Å². The predicted molar refractivity (Wildman–Crippen MR) is 106 cm³/mol. The molecule has 5 rings (SSSR count). The van der Waals surface area contributed by atoms with Crippen molar-refractivity contribution in [3.05, 3.63) is 83.4 Å². The van der Waals surface area contributed by atoms with Gasteiger partial charge in [0.25, 0.3) is 11.8 Å². The molecule has 0 unspecified atom stereocenters. The lowest BCUT2D eigenvalue weighted by Gasteiger charge is -2.07. The first-order valence-corrected chi connectivity index (χ1v) is 8.94. The van der Waals surface area contributed by atoms with E-state index in [1.165, 1.54) is 9.36 Å². The number of aryl methyl sites for hydroxylation is 1. The molecule has 0 aliphatic rings. The Hall–Kier alpha value is -4.20. The molecule has 2 aromatic heterocycles. The highest BCUT2D eigenvalue weighted by Crippen LogP contribution is 2.17. The van der Waals surface area contributed by atoms with Crippen LogP contribution in [0.25, 0.3) is 22.1 Å². The molecule has 0 saturated heterocycles. The van der Waals surface area contributed by atoms with Gasteiger partial charge in [0.05, 0.1) is 11.0 Å².